The number of nitrogens with two attached hydrogens (primary N) is 1. The summed E-state index contributed by atoms with van der Waals surface area (Å²) in [6.45, 7) is 15.0. The highest BCUT2D eigenvalue weighted by Gasteiger charge is 2.24. The number of aliphatic imine (C=N–C) groups is 1. The van der Waals surface area contributed by atoms with Crippen molar-refractivity contribution >= 4 is 17.7 Å². The van der Waals surface area contributed by atoms with Gasteiger partial charge in [0.2, 0.25) is 0 Å². The Morgan fingerprint density at radius 3 is 2.48 bits per heavy atom. The number of methoxy groups -OCH3 is 1. The summed E-state index contributed by atoms with van der Waals surface area (Å²) in [5.41, 5.74) is 8.45. The maximum absolute atomic E-state index is 12.0. The van der Waals surface area contributed by atoms with Crippen LogP contribution >= 0.6 is 0 Å². The van der Waals surface area contributed by atoms with Gasteiger partial charge < -0.3 is 9.47 Å². The van der Waals surface area contributed by atoms with Crippen molar-refractivity contribution < 1.29 is 18.8 Å². The summed E-state index contributed by atoms with van der Waals surface area (Å²) in [7, 11) is 1.34. The van der Waals surface area contributed by atoms with Crippen molar-refractivity contribution in [3.05, 3.63) is 35.6 Å². The van der Waals surface area contributed by atoms with Crippen LogP contribution in [0.25, 0.3) is 0 Å². The van der Waals surface area contributed by atoms with E-state index in [4.69, 9.17) is 15.2 Å². The van der Waals surface area contributed by atoms with Crippen molar-refractivity contribution in [2.24, 2.45) is 10.7 Å². The van der Waals surface area contributed by atoms with E-state index in [1.807, 2.05) is 45.3 Å². The fourth-order valence-electron chi connectivity index (χ4n) is 2.22. The summed E-state index contributed by atoms with van der Waals surface area (Å²) in [5.74, 6) is -0.493. The molecular formula is C19H30N3O3+. The summed E-state index contributed by atoms with van der Waals surface area (Å²) in [4.78, 5) is 16.3. The van der Waals surface area contributed by atoms with E-state index in [0.29, 0.717) is 31.1 Å². The zero-order valence-corrected chi connectivity index (χ0v) is 16.2. The summed E-state index contributed by atoms with van der Waals surface area (Å²) in [6.07, 6.45) is 4.32. The van der Waals surface area contributed by atoms with Gasteiger partial charge in [0.1, 0.15) is 12.1 Å². The van der Waals surface area contributed by atoms with E-state index in [0.717, 1.165) is 11.1 Å². The van der Waals surface area contributed by atoms with E-state index < -0.39 is 5.97 Å². The Morgan fingerprint density at radius 2 is 2.04 bits per heavy atom. The second-order valence-electron chi connectivity index (χ2n) is 7.13. The highest BCUT2D eigenvalue weighted by atomic mass is 16.5. The molecule has 0 radical (unpaired) electrons. The van der Waals surface area contributed by atoms with Gasteiger partial charge in [-0.1, -0.05) is 12.2 Å². The van der Waals surface area contributed by atoms with Gasteiger partial charge in [0.05, 0.1) is 13.7 Å². The molecule has 1 aliphatic rings. The minimum atomic E-state index is -0.493. The molecule has 0 saturated carbocycles. The highest BCUT2D eigenvalue weighted by Crippen LogP contribution is 2.19. The van der Waals surface area contributed by atoms with E-state index in [2.05, 4.69) is 11.6 Å². The van der Waals surface area contributed by atoms with E-state index in [1.54, 1.807) is 6.20 Å². The molecule has 0 unspecified atom stereocenters. The molecule has 0 saturated heterocycles. The molecule has 0 aromatic rings. The Bertz CT molecular complexity index is 658. The van der Waals surface area contributed by atoms with E-state index in [1.165, 1.54) is 7.11 Å². The number of rotatable bonds is 4. The third-order valence-electron chi connectivity index (χ3n) is 3.44. The van der Waals surface area contributed by atoms with Crippen LogP contribution < -0.4 is 5.73 Å². The van der Waals surface area contributed by atoms with Gasteiger partial charge >= 0.3 is 12.0 Å². The van der Waals surface area contributed by atoms with Gasteiger partial charge in [0, 0.05) is 18.2 Å². The first-order chi connectivity index (χ1) is 11.5. The number of allylic oxidation sites excluding steroid dienone is 1. The van der Waals surface area contributed by atoms with Crippen LogP contribution in [0.4, 0.5) is 0 Å². The molecule has 0 aromatic heterocycles. The van der Waals surface area contributed by atoms with Gasteiger partial charge in [0.15, 0.2) is 5.71 Å². The smallest absolute Gasteiger partial charge is 0.442 e. The van der Waals surface area contributed by atoms with Gasteiger partial charge in [-0.05, 0) is 46.3 Å². The zero-order chi connectivity index (χ0) is 19.2. The average Bonchev–Trinajstić information content (AvgIpc) is 2.52. The van der Waals surface area contributed by atoms with Crippen molar-refractivity contribution in [3.63, 3.8) is 0 Å². The van der Waals surface area contributed by atoms with Crippen molar-refractivity contribution in [1.29, 1.82) is 0 Å². The molecule has 6 nitrogen and oxygen atoms in total. The third kappa shape index (κ3) is 6.57. The van der Waals surface area contributed by atoms with Gasteiger partial charge in [0.25, 0.3) is 0 Å². The Morgan fingerprint density at radius 1 is 1.40 bits per heavy atom. The molecule has 1 aliphatic heterocycles. The first kappa shape index (κ1) is 20.7. The predicted molar refractivity (Wildman–Crippen MR) is 101 cm³/mol. The predicted octanol–water partition coefficient (Wildman–Crippen LogP) is 2.55. The van der Waals surface area contributed by atoms with Crippen molar-refractivity contribution in [3.8, 4) is 0 Å². The van der Waals surface area contributed by atoms with Crippen LogP contribution in [0.2, 0.25) is 0 Å². The molecule has 1 rings (SSSR count). The molecule has 0 atom stereocenters. The normalized spacial score (nSPS) is 17.4. The van der Waals surface area contributed by atoms with Crippen molar-refractivity contribution in [2.75, 3.05) is 20.2 Å². The van der Waals surface area contributed by atoms with E-state index in [-0.39, 0.29) is 11.3 Å². The van der Waals surface area contributed by atoms with Gasteiger partial charge in [-0.2, -0.15) is 0 Å². The maximum atomic E-state index is 12.0. The molecule has 0 amide bonds. The zero-order valence-electron chi connectivity index (χ0n) is 16.2. The number of hydrogen-bond acceptors (Lipinski definition) is 4. The van der Waals surface area contributed by atoms with Gasteiger partial charge in [-0.15, -0.1) is 0 Å². The van der Waals surface area contributed by atoms with Crippen LogP contribution in [0, 0.1) is 0 Å². The molecule has 1 heterocycles. The third-order valence-corrected chi connectivity index (χ3v) is 3.44. The molecule has 6 heteroatoms. The minimum absolute atomic E-state index is 0.228. The summed E-state index contributed by atoms with van der Waals surface area (Å²) < 4.78 is 12.5. The molecule has 0 bridgehead atoms. The highest BCUT2D eigenvalue weighted by molar-refractivity contribution is 6.44. The van der Waals surface area contributed by atoms with Crippen molar-refractivity contribution in [1.82, 2.24) is 0 Å². The van der Waals surface area contributed by atoms with Crippen LogP contribution in [0.5, 0.6) is 0 Å². The molecule has 0 aromatic carbocycles. The van der Waals surface area contributed by atoms with Crippen LogP contribution in [0.15, 0.2) is 40.6 Å². The summed E-state index contributed by atoms with van der Waals surface area (Å²) in [5, 5.41) is 0. The van der Waals surface area contributed by atoms with E-state index in [9.17, 15) is 4.79 Å². The lowest BCUT2D eigenvalue weighted by Crippen LogP contribution is -2.39. The maximum Gasteiger partial charge on any atom is 0.442 e. The summed E-state index contributed by atoms with van der Waals surface area (Å²) >= 11 is 0. The number of carbonyl (C=O) groups is 1. The van der Waals surface area contributed by atoms with Crippen LogP contribution in [-0.4, -0.2) is 48.1 Å². The number of esters is 1. The van der Waals surface area contributed by atoms with Gasteiger partial charge in [-0.25, -0.2) is 14.4 Å². The molecule has 25 heavy (non-hydrogen) atoms. The molecule has 0 aliphatic carbocycles. The number of amidine groups is 1. The lowest BCUT2D eigenvalue weighted by molar-refractivity contribution is -0.531. The number of hydrogen-bond donors (Lipinski definition) is 1. The largest absolute Gasteiger partial charge is 0.464 e. The Balaban J connectivity index is 3.00. The SMILES string of the molecule is C=C(C1=CC[N+](=C(N)OC(C)(C)C)CC1)C(=NC=C(C)C)C(=O)OC. The molecular weight excluding hydrogens is 318 g/mol. The quantitative estimate of drug-likeness (QED) is 0.367. The topological polar surface area (TPSA) is 76.9 Å². The lowest BCUT2D eigenvalue weighted by atomic mass is 9.97. The fraction of sp³-hybridized carbons (Fsp3) is 0.526. The molecule has 138 valence electrons. The fourth-order valence-corrected chi connectivity index (χ4v) is 2.22. The first-order valence-corrected chi connectivity index (χ1v) is 8.29. The standard InChI is InChI=1S/C19H29N3O3/c1-13(2)12-21-16(17(23)24-7)14(3)15-8-10-22(11-9-15)18(20)25-19(4,5)6/h8,12,20H,3,9-11H2,1-2,4-7H3/p+1. The summed E-state index contributed by atoms with van der Waals surface area (Å²) in [6, 6.07) is 0.403. The van der Waals surface area contributed by atoms with Crippen LogP contribution in [0.3, 0.4) is 0 Å². The van der Waals surface area contributed by atoms with Gasteiger partial charge in [-0.3, -0.25) is 5.73 Å². The Hall–Kier alpha value is -2.37. The average molecular weight is 348 g/mol. The minimum Gasteiger partial charge on any atom is -0.464 e. The lowest BCUT2D eigenvalue weighted by Gasteiger charge is -2.22. The van der Waals surface area contributed by atoms with E-state index >= 15 is 0 Å². The number of nitrogens with zero attached hydrogens (tertiary/aromatic N) is 2. The second-order valence-corrected chi connectivity index (χ2v) is 7.13. The second kappa shape index (κ2) is 8.65. The Kier molecular flexibility index (Phi) is 7.15. The first-order valence-electron chi connectivity index (χ1n) is 8.29. The number of carbonyl (C=O) groups excluding carboxylic acids is 1. The van der Waals surface area contributed by atoms with Crippen molar-refractivity contribution in [2.45, 2.75) is 46.6 Å². The monoisotopic (exact) mass is 348 g/mol. The van der Waals surface area contributed by atoms with Crippen LogP contribution in [0.1, 0.15) is 41.0 Å². The Labute approximate surface area is 150 Å². The molecule has 0 fully saturated rings. The molecule has 0 spiro atoms. The number of ether oxygens (including phenoxy) is 2. The molecule has 2 N–H and O–H groups in total. The van der Waals surface area contributed by atoms with Crippen LogP contribution in [-0.2, 0) is 14.3 Å².